The van der Waals surface area contributed by atoms with Gasteiger partial charge in [-0.15, -0.1) is 0 Å². The first-order valence-corrected chi connectivity index (χ1v) is 4.92. The van der Waals surface area contributed by atoms with E-state index in [0.29, 0.717) is 10.7 Å². The number of hydrogen-bond acceptors (Lipinski definition) is 3. The van der Waals surface area contributed by atoms with Crippen LogP contribution >= 0.6 is 12.2 Å². The number of nitrogens with zero attached hydrogens (tertiary/aromatic N) is 1. The Hall–Kier alpha value is -1.23. The van der Waals surface area contributed by atoms with Crippen LogP contribution < -0.4 is 0 Å². The van der Waals surface area contributed by atoms with Crippen LogP contribution in [0.1, 0.15) is 41.2 Å². The van der Waals surface area contributed by atoms with Gasteiger partial charge in [-0.2, -0.15) is 0 Å². The van der Waals surface area contributed by atoms with E-state index in [1.165, 1.54) is 6.20 Å². The van der Waals surface area contributed by atoms with Crippen molar-refractivity contribution in [3.05, 3.63) is 22.2 Å². The molecule has 1 aliphatic rings. The maximum Gasteiger partial charge on any atom is 0.339 e. The second-order valence-electron chi connectivity index (χ2n) is 3.45. The summed E-state index contributed by atoms with van der Waals surface area (Å²) < 4.78 is 0.358. The summed E-state index contributed by atoms with van der Waals surface area (Å²) in [5.74, 6) is -0.614. The third kappa shape index (κ3) is 1.55. The first-order chi connectivity index (χ1) is 6.68. The second kappa shape index (κ2) is 3.49. The molecule has 74 valence electrons. The summed E-state index contributed by atoms with van der Waals surface area (Å²) >= 11 is 4.88. The molecule has 0 unspecified atom stereocenters. The number of carboxylic acids is 1. The molecule has 1 heterocycles. The number of aromatic nitrogens is 2. The fourth-order valence-corrected chi connectivity index (χ4v) is 1.76. The fourth-order valence-electron chi connectivity index (χ4n) is 1.60. The largest absolute Gasteiger partial charge is 0.478 e. The Bertz CT molecular complexity index is 423. The zero-order valence-electron chi connectivity index (χ0n) is 7.49. The molecule has 0 aromatic carbocycles. The Morgan fingerprint density at radius 2 is 2.36 bits per heavy atom. The molecule has 4 nitrogen and oxygen atoms in total. The van der Waals surface area contributed by atoms with Gasteiger partial charge in [-0.1, -0.05) is 6.42 Å². The van der Waals surface area contributed by atoms with Gasteiger partial charge in [0.25, 0.3) is 0 Å². The first kappa shape index (κ1) is 9.33. The maximum atomic E-state index is 10.9. The molecule has 1 saturated carbocycles. The molecule has 14 heavy (non-hydrogen) atoms. The molecule has 0 bridgehead atoms. The molecule has 1 aliphatic carbocycles. The molecule has 0 atom stereocenters. The fraction of sp³-hybridized carbons (Fsp3) is 0.444. The van der Waals surface area contributed by atoms with Gasteiger partial charge in [-0.3, -0.25) is 0 Å². The lowest BCUT2D eigenvalue weighted by Gasteiger charge is -2.26. The summed E-state index contributed by atoms with van der Waals surface area (Å²) in [6, 6.07) is 0. The summed E-state index contributed by atoms with van der Waals surface area (Å²) in [6.45, 7) is 0. The van der Waals surface area contributed by atoms with Crippen LogP contribution in [-0.4, -0.2) is 21.0 Å². The van der Waals surface area contributed by atoms with Gasteiger partial charge in [0.05, 0.1) is 5.56 Å². The molecular formula is C9H10N2O2S. The van der Waals surface area contributed by atoms with E-state index in [1.807, 2.05) is 0 Å². The Morgan fingerprint density at radius 1 is 1.64 bits per heavy atom. The number of aromatic carboxylic acids is 1. The summed E-state index contributed by atoms with van der Waals surface area (Å²) in [4.78, 5) is 17.5. The Kier molecular flexibility index (Phi) is 2.33. The van der Waals surface area contributed by atoms with E-state index >= 15 is 0 Å². The zero-order valence-corrected chi connectivity index (χ0v) is 8.30. The average Bonchev–Trinajstić information content (AvgIpc) is 2.00. The molecular weight excluding hydrogens is 200 g/mol. The van der Waals surface area contributed by atoms with Crippen molar-refractivity contribution in [2.24, 2.45) is 0 Å². The van der Waals surface area contributed by atoms with E-state index in [4.69, 9.17) is 17.3 Å². The normalized spacial score (nSPS) is 16.3. The van der Waals surface area contributed by atoms with Gasteiger partial charge in [0, 0.05) is 11.9 Å². The van der Waals surface area contributed by atoms with E-state index < -0.39 is 5.97 Å². The summed E-state index contributed by atoms with van der Waals surface area (Å²) in [6.07, 6.45) is 4.58. The molecule has 1 fully saturated rings. The molecule has 2 N–H and O–H groups in total. The number of rotatable bonds is 2. The number of H-pyrrole nitrogens is 1. The van der Waals surface area contributed by atoms with Crippen molar-refractivity contribution in [1.29, 1.82) is 0 Å². The molecule has 0 spiro atoms. The Labute approximate surface area is 86.0 Å². The second-order valence-corrected chi connectivity index (χ2v) is 3.84. The standard InChI is InChI=1S/C9H10N2O2S/c12-8(13)6-4-10-9(14)11-7(6)5-2-1-3-5/h4-5H,1-3H2,(H,12,13)(H,10,11,14). The Balaban J connectivity index is 2.47. The highest BCUT2D eigenvalue weighted by atomic mass is 32.1. The SMILES string of the molecule is O=C(O)c1cnc(=S)[nH]c1C1CCC1. The van der Waals surface area contributed by atoms with E-state index in [1.54, 1.807) is 0 Å². The molecule has 1 aromatic rings. The van der Waals surface area contributed by atoms with Gasteiger partial charge in [0.1, 0.15) is 0 Å². The lowest BCUT2D eigenvalue weighted by Crippen LogP contribution is -2.16. The van der Waals surface area contributed by atoms with Crippen LogP contribution in [0.25, 0.3) is 0 Å². The van der Waals surface area contributed by atoms with Crippen molar-refractivity contribution >= 4 is 18.2 Å². The third-order valence-corrected chi connectivity index (χ3v) is 2.79. The third-order valence-electron chi connectivity index (χ3n) is 2.59. The maximum absolute atomic E-state index is 10.9. The summed E-state index contributed by atoms with van der Waals surface area (Å²) in [5.41, 5.74) is 0.993. The minimum Gasteiger partial charge on any atom is -0.478 e. The van der Waals surface area contributed by atoms with Gasteiger partial charge in [0.2, 0.25) is 0 Å². The summed E-state index contributed by atoms with van der Waals surface area (Å²) in [5, 5.41) is 8.93. The number of carbonyl (C=O) groups is 1. The van der Waals surface area contributed by atoms with Crippen molar-refractivity contribution in [2.45, 2.75) is 25.2 Å². The van der Waals surface area contributed by atoms with Crippen molar-refractivity contribution in [3.63, 3.8) is 0 Å². The van der Waals surface area contributed by atoms with Crippen LogP contribution in [0.4, 0.5) is 0 Å². The lowest BCUT2D eigenvalue weighted by molar-refractivity contribution is 0.0693. The molecule has 0 radical (unpaired) electrons. The minimum absolute atomic E-state index is 0.253. The van der Waals surface area contributed by atoms with Crippen molar-refractivity contribution in [3.8, 4) is 0 Å². The molecule has 2 rings (SSSR count). The lowest BCUT2D eigenvalue weighted by atomic mass is 9.81. The summed E-state index contributed by atoms with van der Waals surface area (Å²) in [7, 11) is 0. The Morgan fingerprint density at radius 3 is 2.86 bits per heavy atom. The smallest absolute Gasteiger partial charge is 0.339 e. The van der Waals surface area contributed by atoms with Crippen LogP contribution in [0.5, 0.6) is 0 Å². The molecule has 0 saturated heterocycles. The number of nitrogens with one attached hydrogen (secondary N) is 1. The van der Waals surface area contributed by atoms with E-state index in [0.717, 1.165) is 25.0 Å². The van der Waals surface area contributed by atoms with E-state index in [9.17, 15) is 4.79 Å². The van der Waals surface area contributed by atoms with Gasteiger partial charge in [0.15, 0.2) is 4.77 Å². The van der Waals surface area contributed by atoms with Gasteiger partial charge in [-0.05, 0) is 31.0 Å². The van der Waals surface area contributed by atoms with E-state index in [2.05, 4.69) is 9.97 Å². The number of hydrogen-bond donors (Lipinski definition) is 2. The molecule has 5 heteroatoms. The van der Waals surface area contributed by atoms with Crippen LogP contribution in [0.15, 0.2) is 6.20 Å². The highest BCUT2D eigenvalue weighted by Gasteiger charge is 2.25. The van der Waals surface area contributed by atoms with Crippen molar-refractivity contribution in [1.82, 2.24) is 9.97 Å². The van der Waals surface area contributed by atoms with Crippen LogP contribution in [0.2, 0.25) is 0 Å². The van der Waals surface area contributed by atoms with Crippen LogP contribution in [-0.2, 0) is 0 Å². The quantitative estimate of drug-likeness (QED) is 0.734. The predicted octanol–water partition coefficient (Wildman–Crippen LogP) is 2.10. The van der Waals surface area contributed by atoms with Crippen LogP contribution in [0, 0.1) is 4.77 Å². The zero-order chi connectivity index (χ0) is 10.1. The average molecular weight is 210 g/mol. The van der Waals surface area contributed by atoms with Crippen LogP contribution in [0.3, 0.4) is 0 Å². The number of carboxylic acid groups (broad SMARTS) is 1. The topological polar surface area (TPSA) is 66.0 Å². The minimum atomic E-state index is -0.939. The van der Waals surface area contributed by atoms with Crippen molar-refractivity contribution < 1.29 is 9.90 Å². The molecule has 0 aliphatic heterocycles. The van der Waals surface area contributed by atoms with Gasteiger partial charge in [-0.25, -0.2) is 9.78 Å². The molecule has 0 amide bonds. The number of aromatic amines is 1. The monoisotopic (exact) mass is 210 g/mol. The first-order valence-electron chi connectivity index (χ1n) is 4.51. The van der Waals surface area contributed by atoms with Gasteiger partial charge < -0.3 is 10.1 Å². The highest BCUT2D eigenvalue weighted by Crippen LogP contribution is 2.36. The predicted molar refractivity (Wildman–Crippen MR) is 53.0 cm³/mol. The van der Waals surface area contributed by atoms with Crippen molar-refractivity contribution in [2.75, 3.05) is 0 Å². The highest BCUT2D eigenvalue weighted by molar-refractivity contribution is 7.71. The van der Waals surface area contributed by atoms with Gasteiger partial charge >= 0.3 is 5.97 Å². The molecule has 1 aromatic heterocycles. The van der Waals surface area contributed by atoms with E-state index in [-0.39, 0.29) is 5.56 Å².